The Labute approximate surface area is 145 Å². The average Bonchev–Trinajstić information content (AvgIpc) is 2.59. The number of hydrogen-bond donors (Lipinski definition) is 1. The summed E-state index contributed by atoms with van der Waals surface area (Å²) >= 11 is 6.07. The molecule has 0 aromatic heterocycles. The third kappa shape index (κ3) is 4.59. The fraction of sp³-hybridized carbons (Fsp3) is 0.294. The van der Waals surface area contributed by atoms with Crippen molar-refractivity contribution in [1.29, 1.82) is 0 Å². The van der Waals surface area contributed by atoms with Crippen molar-refractivity contribution in [3.05, 3.63) is 62.7 Å². The van der Waals surface area contributed by atoms with E-state index in [9.17, 15) is 10.1 Å². The molecule has 0 amide bonds. The predicted octanol–water partition coefficient (Wildman–Crippen LogP) is 3.60. The van der Waals surface area contributed by atoms with E-state index < -0.39 is 4.92 Å². The van der Waals surface area contributed by atoms with Crippen LogP contribution in [0.15, 0.2) is 36.4 Å². The number of halogens is 1. The summed E-state index contributed by atoms with van der Waals surface area (Å²) in [6.07, 6.45) is 0.810. The molecule has 0 aliphatic rings. The van der Waals surface area contributed by atoms with Gasteiger partial charge in [-0.05, 0) is 42.3 Å². The summed E-state index contributed by atoms with van der Waals surface area (Å²) in [4.78, 5) is 10.2. The molecule has 0 saturated carbocycles. The van der Waals surface area contributed by atoms with E-state index >= 15 is 0 Å². The van der Waals surface area contributed by atoms with Gasteiger partial charge in [0.25, 0.3) is 5.69 Å². The van der Waals surface area contributed by atoms with Crippen molar-refractivity contribution in [3.8, 4) is 11.5 Å². The zero-order chi connectivity index (χ0) is 17.5. The zero-order valence-electron chi connectivity index (χ0n) is 13.5. The Morgan fingerprint density at radius 3 is 2.50 bits per heavy atom. The van der Waals surface area contributed by atoms with Gasteiger partial charge in [-0.3, -0.25) is 10.1 Å². The Bertz CT molecular complexity index is 722. The molecule has 0 unspecified atom stereocenters. The van der Waals surface area contributed by atoms with Crippen molar-refractivity contribution >= 4 is 17.3 Å². The highest BCUT2D eigenvalue weighted by molar-refractivity contribution is 6.31. The van der Waals surface area contributed by atoms with E-state index in [-0.39, 0.29) is 5.69 Å². The predicted molar refractivity (Wildman–Crippen MR) is 93.1 cm³/mol. The Hall–Kier alpha value is -2.31. The lowest BCUT2D eigenvalue weighted by Crippen LogP contribution is -2.17. The number of nitrogens with zero attached hydrogens (tertiary/aromatic N) is 1. The summed E-state index contributed by atoms with van der Waals surface area (Å²) in [5.41, 5.74) is 1.94. The van der Waals surface area contributed by atoms with Crippen LogP contribution >= 0.6 is 11.6 Å². The van der Waals surface area contributed by atoms with E-state index in [1.54, 1.807) is 20.3 Å². The molecular formula is C17H19ClN2O4. The number of ether oxygens (including phenoxy) is 2. The molecule has 1 N–H and O–H groups in total. The molecular weight excluding hydrogens is 332 g/mol. The lowest BCUT2D eigenvalue weighted by Gasteiger charge is -2.10. The molecule has 0 saturated heterocycles. The molecule has 0 spiro atoms. The van der Waals surface area contributed by atoms with Crippen LogP contribution in [0.5, 0.6) is 11.5 Å². The third-order valence-corrected chi connectivity index (χ3v) is 3.95. The first kappa shape index (κ1) is 18.0. The average molecular weight is 351 g/mol. The minimum Gasteiger partial charge on any atom is -0.493 e. The molecule has 0 atom stereocenters. The number of rotatable bonds is 8. The van der Waals surface area contributed by atoms with Crippen molar-refractivity contribution in [2.45, 2.75) is 13.0 Å². The number of nitro benzene ring substituents is 1. The van der Waals surface area contributed by atoms with E-state index in [0.717, 1.165) is 24.1 Å². The van der Waals surface area contributed by atoms with Crippen LogP contribution in [-0.4, -0.2) is 25.7 Å². The zero-order valence-corrected chi connectivity index (χ0v) is 14.3. The third-order valence-electron chi connectivity index (χ3n) is 3.60. The largest absolute Gasteiger partial charge is 0.493 e. The summed E-state index contributed by atoms with van der Waals surface area (Å²) in [7, 11) is 3.21. The van der Waals surface area contributed by atoms with Gasteiger partial charge in [-0.15, -0.1) is 0 Å². The van der Waals surface area contributed by atoms with E-state index in [4.69, 9.17) is 21.1 Å². The molecule has 0 aliphatic heterocycles. The summed E-state index contributed by atoms with van der Waals surface area (Å²) in [6.45, 7) is 1.28. The Balaban J connectivity index is 1.88. The van der Waals surface area contributed by atoms with Crippen LogP contribution in [-0.2, 0) is 13.0 Å². The van der Waals surface area contributed by atoms with Crippen LogP contribution in [0.4, 0.5) is 5.69 Å². The molecule has 2 aromatic rings. The highest BCUT2D eigenvalue weighted by Gasteiger charge is 2.09. The minimum atomic E-state index is -0.458. The van der Waals surface area contributed by atoms with Crippen LogP contribution in [0.25, 0.3) is 0 Å². The molecule has 0 fully saturated rings. The van der Waals surface area contributed by atoms with Gasteiger partial charge in [-0.1, -0.05) is 17.7 Å². The summed E-state index contributed by atoms with van der Waals surface area (Å²) in [5.74, 6) is 1.40. The highest BCUT2D eigenvalue weighted by Crippen LogP contribution is 2.27. The quantitative estimate of drug-likeness (QED) is 0.447. The van der Waals surface area contributed by atoms with Crippen LogP contribution in [0.3, 0.4) is 0 Å². The molecule has 0 radical (unpaired) electrons. The van der Waals surface area contributed by atoms with Crippen molar-refractivity contribution in [1.82, 2.24) is 5.32 Å². The van der Waals surface area contributed by atoms with Crippen molar-refractivity contribution in [3.63, 3.8) is 0 Å². The Morgan fingerprint density at radius 2 is 1.88 bits per heavy atom. The molecule has 2 aromatic carbocycles. The van der Waals surface area contributed by atoms with Gasteiger partial charge in [0.05, 0.1) is 24.2 Å². The van der Waals surface area contributed by atoms with Crippen LogP contribution < -0.4 is 14.8 Å². The van der Waals surface area contributed by atoms with Crippen LogP contribution in [0.2, 0.25) is 5.02 Å². The van der Waals surface area contributed by atoms with E-state index in [0.29, 0.717) is 23.1 Å². The molecule has 0 bridgehead atoms. The summed E-state index contributed by atoms with van der Waals surface area (Å²) in [5, 5.41) is 14.4. The molecule has 24 heavy (non-hydrogen) atoms. The molecule has 0 heterocycles. The maximum absolute atomic E-state index is 10.7. The second-order valence-electron chi connectivity index (χ2n) is 5.15. The highest BCUT2D eigenvalue weighted by atomic mass is 35.5. The van der Waals surface area contributed by atoms with E-state index in [1.807, 2.05) is 18.2 Å². The topological polar surface area (TPSA) is 73.6 Å². The van der Waals surface area contributed by atoms with Gasteiger partial charge in [0.15, 0.2) is 11.5 Å². The lowest BCUT2D eigenvalue weighted by molar-refractivity contribution is -0.384. The maximum atomic E-state index is 10.7. The molecule has 7 heteroatoms. The van der Waals surface area contributed by atoms with Crippen molar-refractivity contribution in [2.75, 3.05) is 20.8 Å². The first-order chi connectivity index (χ1) is 11.5. The van der Waals surface area contributed by atoms with Gasteiger partial charge in [-0.2, -0.15) is 0 Å². The monoisotopic (exact) mass is 350 g/mol. The van der Waals surface area contributed by atoms with Gasteiger partial charge in [0.2, 0.25) is 0 Å². The van der Waals surface area contributed by atoms with Gasteiger partial charge in [0.1, 0.15) is 0 Å². The van der Waals surface area contributed by atoms with Crippen LogP contribution in [0, 0.1) is 10.1 Å². The normalized spacial score (nSPS) is 10.5. The molecule has 6 nitrogen and oxygen atoms in total. The lowest BCUT2D eigenvalue weighted by atomic mass is 10.1. The number of nitrogens with one attached hydrogen (secondary N) is 1. The first-order valence-corrected chi connectivity index (χ1v) is 7.77. The number of benzene rings is 2. The Morgan fingerprint density at radius 1 is 1.12 bits per heavy atom. The molecule has 128 valence electrons. The van der Waals surface area contributed by atoms with Gasteiger partial charge < -0.3 is 14.8 Å². The number of methoxy groups -OCH3 is 2. The maximum Gasteiger partial charge on any atom is 0.270 e. The first-order valence-electron chi connectivity index (χ1n) is 7.39. The number of nitro groups is 1. The standard InChI is InChI=1S/C17H19ClN2O4/c1-23-16-6-3-12(9-17(16)24-2)7-8-19-11-13-4-5-14(20(21)22)10-15(13)18/h3-6,9-10,19H,7-8,11H2,1-2H3. The number of hydrogen-bond acceptors (Lipinski definition) is 5. The SMILES string of the molecule is COc1ccc(CCNCc2ccc([N+](=O)[O-])cc2Cl)cc1OC. The van der Waals surface area contributed by atoms with Crippen molar-refractivity contribution in [2.24, 2.45) is 0 Å². The van der Waals surface area contributed by atoms with Crippen LogP contribution in [0.1, 0.15) is 11.1 Å². The smallest absolute Gasteiger partial charge is 0.270 e. The Kier molecular flexibility index (Phi) is 6.40. The minimum absolute atomic E-state index is 0.00548. The van der Waals surface area contributed by atoms with Gasteiger partial charge >= 0.3 is 0 Å². The van der Waals surface area contributed by atoms with Gasteiger partial charge in [0, 0.05) is 18.7 Å². The molecule has 2 rings (SSSR count). The fourth-order valence-corrected chi connectivity index (χ4v) is 2.53. The van der Waals surface area contributed by atoms with Gasteiger partial charge in [-0.25, -0.2) is 0 Å². The second kappa shape index (κ2) is 8.52. The van der Waals surface area contributed by atoms with Crippen molar-refractivity contribution < 1.29 is 14.4 Å². The number of non-ortho nitro benzene ring substituents is 1. The van der Waals surface area contributed by atoms with E-state index in [1.165, 1.54) is 12.1 Å². The summed E-state index contributed by atoms with van der Waals surface area (Å²) < 4.78 is 10.5. The second-order valence-corrected chi connectivity index (χ2v) is 5.56. The fourth-order valence-electron chi connectivity index (χ4n) is 2.29. The van der Waals surface area contributed by atoms with E-state index in [2.05, 4.69) is 5.32 Å². The summed E-state index contributed by atoms with van der Waals surface area (Å²) in [6, 6.07) is 10.3. The molecule has 0 aliphatic carbocycles.